The minimum Gasteiger partial charge on any atom is -0.396 e. The van der Waals surface area contributed by atoms with E-state index in [1.54, 1.807) is 0 Å². The van der Waals surface area contributed by atoms with Gasteiger partial charge in [-0.1, -0.05) is 11.6 Å². The lowest BCUT2D eigenvalue weighted by molar-refractivity contribution is -0.118. The molecule has 0 unspecified atom stereocenters. The van der Waals surface area contributed by atoms with E-state index in [1.165, 1.54) is 11.8 Å². The highest BCUT2D eigenvalue weighted by atomic mass is 35.5. The number of aliphatic hydroxyl groups is 1. The molecule has 1 aromatic carbocycles. The fourth-order valence-electron chi connectivity index (χ4n) is 1.37. The van der Waals surface area contributed by atoms with Crippen molar-refractivity contribution in [2.45, 2.75) is 24.2 Å². The lowest BCUT2D eigenvalue weighted by Crippen LogP contribution is -2.26. The summed E-state index contributed by atoms with van der Waals surface area (Å²) in [5.41, 5.74) is 0. The molecule has 1 rings (SSSR count). The molecule has 0 aromatic heterocycles. The van der Waals surface area contributed by atoms with E-state index in [2.05, 4.69) is 5.32 Å². The number of carbonyl (C=O) groups excluding carboxylic acids is 1. The van der Waals surface area contributed by atoms with Crippen LogP contribution in [0.4, 0.5) is 0 Å². The van der Waals surface area contributed by atoms with Gasteiger partial charge in [0.15, 0.2) is 0 Å². The number of hydrogen-bond donors (Lipinski definition) is 2. The number of benzene rings is 1. The predicted molar refractivity (Wildman–Crippen MR) is 76.1 cm³/mol. The number of rotatable bonds is 8. The molecule has 1 aromatic rings. The topological polar surface area (TPSA) is 49.3 Å². The van der Waals surface area contributed by atoms with Crippen molar-refractivity contribution >= 4 is 29.3 Å². The van der Waals surface area contributed by atoms with Crippen LogP contribution in [0.1, 0.15) is 19.3 Å². The third kappa shape index (κ3) is 6.89. The van der Waals surface area contributed by atoms with Gasteiger partial charge in [0.1, 0.15) is 0 Å². The maximum absolute atomic E-state index is 11.5. The molecule has 0 saturated heterocycles. The van der Waals surface area contributed by atoms with Crippen LogP contribution in [0.25, 0.3) is 0 Å². The van der Waals surface area contributed by atoms with Crippen LogP contribution >= 0.6 is 23.4 Å². The maximum Gasteiger partial charge on any atom is 0.230 e. The van der Waals surface area contributed by atoms with Crippen molar-refractivity contribution in [1.29, 1.82) is 0 Å². The zero-order valence-electron chi connectivity index (χ0n) is 10.2. The van der Waals surface area contributed by atoms with Gasteiger partial charge in [-0.2, -0.15) is 0 Å². The minimum atomic E-state index is 0.0407. The zero-order valence-corrected chi connectivity index (χ0v) is 11.8. The second kappa shape index (κ2) is 9.25. The van der Waals surface area contributed by atoms with Gasteiger partial charge in [0.05, 0.1) is 5.75 Å². The van der Waals surface area contributed by atoms with Gasteiger partial charge in [-0.05, 0) is 43.5 Å². The van der Waals surface area contributed by atoms with Gasteiger partial charge in [0, 0.05) is 23.1 Å². The van der Waals surface area contributed by atoms with Crippen molar-refractivity contribution in [3.05, 3.63) is 29.3 Å². The third-order valence-electron chi connectivity index (χ3n) is 2.34. The Kier molecular flexibility index (Phi) is 7.89. The summed E-state index contributed by atoms with van der Waals surface area (Å²) < 4.78 is 0. The van der Waals surface area contributed by atoms with E-state index in [-0.39, 0.29) is 12.5 Å². The number of thioether (sulfide) groups is 1. The van der Waals surface area contributed by atoms with Gasteiger partial charge in [-0.25, -0.2) is 0 Å². The Morgan fingerprint density at radius 2 is 1.94 bits per heavy atom. The number of amides is 1. The first kappa shape index (κ1) is 15.3. The Bertz CT molecular complexity index is 357. The molecule has 0 radical (unpaired) electrons. The Morgan fingerprint density at radius 1 is 1.22 bits per heavy atom. The predicted octanol–water partition coefficient (Wildman–Crippen LogP) is 2.71. The summed E-state index contributed by atoms with van der Waals surface area (Å²) >= 11 is 7.27. The van der Waals surface area contributed by atoms with E-state index in [0.717, 1.165) is 24.2 Å². The van der Waals surface area contributed by atoms with Crippen LogP contribution in [0.2, 0.25) is 5.02 Å². The molecule has 2 N–H and O–H groups in total. The monoisotopic (exact) mass is 287 g/mol. The van der Waals surface area contributed by atoms with Gasteiger partial charge in [-0.3, -0.25) is 4.79 Å². The van der Waals surface area contributed by atoms with Crippen LogP contribution in [0.3, 0.4) is 0 Å². The summed E-state index contributed by atoms with van der Waals surface area (Å²) in [5, 5.41) is 12.2. The summed E-state index contributed by atoms with van der Waals surface area (Å²) in [7, 11) is 0. The fraction of sp³-hybridized carbons (Fsp3) is 0.462. The number of nitrogens with one attached hydrogen (secondary N) is 1. The van der Waals surface area contributed by atoms with E-state index in [4.69, 9.17) is 16.7 Å². The number of aliphatic hydroxyl groups excluding tert-OH is 1. The molecule has 0 fully saturated rings. The summed E-state index contributed by atoms with van der Waals surface area (Å²) in [4.78, 5) is 12.5. The average molecular weight is 288 g/mol. The molecule has 0 atom stereocenters. The highest BCUT2D eigenvalue weighted by Gasteiger charge is 2.02. The maximum atomic E-state index is 11.5. The van der Waals surface area contributed by atoms with E-state index in [1.807, 2.05) is 24.3 Å². The standard InChI is InChI=1S/C13H18ClNO2S/c14-11-4-6-12(7-5-11)18-10-13(17)15-8-2-1-3-9-16/h4-7,16H,1-3,8-10H2,(H,15,17). The first-order valence-electron chi connectivity index (χ1n) is 5.98. The Morgan fingerprint density at radius 3 is 2.61 bits per heavy atom. The average Bonchev–Trinajstić information content (AvgIpc) is 2.38. The first-order chi connectivity index (χ1) is 8.72. The summed E-state index contributed by atoms with van der Waals surface area (Å²) in [6.07, 6.45) is 2.66. The van der Waals surface area contributed by atoms with Crippen LogP contribution in [0, 0.1) is 0 Å². The second-order valence-electron chi connectivity index (χ2n) is 3.88. The molecule has 0 aliphatic heterocycles. The molecule has 0 aliphatic rings. The molecule has 5 heteroatoms. The highest BCUT2D eigenvalue weighted by Crippen LogP contribution is 2.19. The number of hydrogen-bond acceptors (Lipinski definition) is 3. The third-order valence-corrected chi connectivity index (χ3v) is 3.60. The lowest BCUT2D eigenvalue weighted by atomic mass is 10.2. The van der Waals surface area contributed by atoms with Crippen molar-refractivity contribution in [2.24, 2.45) is 0 Å². The number of halogens is 1. The highest BCUT2D eigenvalue weighted by molar-refractivity contribution is 8.00. The van der Waals surface area contributed by atoms with Gasteiger partial charge in [-0.15, -0.1) is 11.8 Å². The van der Waals surface area contributed by atoms with Crippen LogP contribution < -0.4 is 5.32 Å². The Hall–Kier alpha value is -0.710. The van der Waals surface area contributed by atoms with Gasteiger partial charge >= 0.3 is 0 Å². The molecule has 3 nitrogen and oxygen atoms in total. The normalized spacial score (nSPS) is 10.3. The van der Waals surface area contributed by atoms with Crippen LogP contribution in [-0.2, 0) is 4.79 Å². The van der Waals surface area contributed by atoms with Gasteiger partial charge in [0.25, 0.3) is 0 Å². The Balaban J connectivity index is 2.11. The summed E-state index contributed by atoms with van der Waals surface area (Å²) in [6.45, 7) is 0.903. The van der Waals surface area contributed by atoms with Crippen LogP contribution in [-0.4, -0.2) is 29.9 Å². The van der Waals surface area contributed by atoms with E-state index >= 15 is 0 Å². The van der Waals surface area contributed by atoms with Crippen LogP contribution in [0.15, 0.2) is 29.2 Å². The molecule has 0 bridgehead atoms. The Labute approximate surface area is 117 Å². The largest absolute Gasteiger partial charge is 0.396 e. The molecular weight excluding hydrogens is 270 g/mol. The van der Waals surface area contributed by atoms with E-state index in [0.29, 0.717) is 17.3 Å². The molecule has 0 aliphatic carbocycles. The quantitative estimate of drug-likeness (QED) is 0.571. The molecule has 100 valence electrons. The smallest absolute Gasteiger partial charge is 0.230 e. The van der Waals surface area contributed by atoms with Crippen molar-refractivity contribution in [3.8, 4) is 0 Å². The van der Waals surface area contributed by atoms with Crippen molar-refractivity contribution < 1.29 is 9.90 Å². The first-order valence-corrected chi connectivity index (χ1v) is 7.34. The number of unbranched alkanes of at least 4 members (excludes halogenated alkanes) is 2. The zero-order chi connectivity index (χ0) is 13.2. The molecule has 1 amide bonds. The van der Waals surface area contributed by atoms with Crippen molar-refractivity contribution in [2.75, 3.05) is 18.9 Å². The minimum absolute atomic E-state index is 0.0407. The fourth-order valence-corrected chi connectivity index (χ4v) is 2.23. The van der Waals surface area contributed by atoms with Crippen molar-refractivity contribution in [1.82, 2.24) is 5.32 Å². The molecule has 0 saturated carbocycles. The molecular formula is C13H18ClNO2S. The van der Waals surface area contributed by atoms with E-state index < -0.39 is 0 Å². The summed E-state index contributed by atoms with van der Waals surface area (Å²) in [5.74, 6) is 0.459. The molecule has 0 heterocycles. The van der Waals surface area contributed by atoms with Gasteiger partial charge in [0.2, 0.25) is 5.91 Å². The van der Waals surface area contributed by atoms with Crippen molar-refractivity contribution in [3.63, 3.8) is 0 Å². The van der Waals surface area contributed by atoms with Crippen LogP contribution in [0.5, 0.6) is 0 Å². The van der Waals surface area contributed by atoms with Gasteiger partial charge < -0.3 is 10.4 Å². The SMILES string of the molecule is O=C(CSc1ccc(Cl)cc1)NCCCCCO. The second-order valence-corrected chi connectivity index (χ2v) is 5.36. The lowest BCUT2D eigenvalue weighted by Gasteiger charge is -2.05. The number of carbonyl (C=O) groups is 1. The summed E-state index contributed by atoms with van der Waals surface area (Å²) in [6, 6.07) is 7.44. The molecule has 0 spiro atoms. The molecule has 18 heavy (non-hydrogen) atoms. The van der Waals surface area contributed by atoms with E-state index in [9.17, 15) is 4.79 Å².